The van der Waals surface area contributed by atoms with Crippen molar-refractivity contribution in [2.24, 2.45) is 27.9 Å². The van der Waals surface area contributed by atoms with E-state index >= 15 is 0 Å². The molecule has 0 radical (unpaired) electrons. The molecule has 52 nitrogen and oxygen atoms in total. The average Bonchev–Trinajstić information content (AvgIpc) is 1.66. The number of nitrogens with zero attached hydrogens (tertiary/aromatic N) is 17. The van der Waals surface area contributed by atoms with E-state index in [1.54, 1.807) is 20.3 Å². The van der Waals surface area contributed by atoms with Crippen molar-refractivity contribution in [2.75, 3.05) is 88.8 Å². The molecule has 117 heavy (non-hydrogen) atoms. The van der Waals surface area contributed by atoms with Crippen molar-refractivity contribution < 1.29 is 176 Å². The molecule has 10 heterocycles. The summed E-state index contributed by atoms with van der Waals surface area (Å²) in [5.74, 6) is -4.04. The first-order chi connectivity index (χ1) is 55.1. The van der Waals surface area contributed by atoms with E-state index in [0.29, 0.717) is 39.1 Å². The maximum atomic E-state index is 11.4. The van der Waals surface area contributed by atoms with E-state index in [9.17, 15) is 59.4 Å². The SMILES string of the molecule is CC[C@H]1O[C@@H](n2cnc(C#N)n2)[C@@H](OC(C)=O)C1OC(C)=O.CC[C@H]1O[C@@H](n2cnc(C(N)=O)n2)[C@@H](OC(C)=O)C1OC(C)=O.CO.CO.COC(=N)c1ncn([C@@H]2O[C@H](CO)C(O)[C@@H]2O)n1.COCCN.COCCN=C(N)c1ncn([C@@H]2O[C@H](CO)C(O)[C@@H]2O)n1.C[O-].ClC(Cl)Cl.NC(=O)c1ncn([C@@H]2O[C@H](CO)C(O)[C@@H]2O)n1.[Na+]. The smallest absolute Gasteiger partial charge is 0.857 e. The Morgan fingerprint density at radius 3 is 1.07 bits per heavy atom. The summed E-state index contributed by atoms with van der Waals surface area (Å²) < 4.78 is 67.6. The number of rotatable bonds is 23. The van der Waals surface area contributed by atoms with Crippen molar-refractivity contribution in [1.29, 1.82) is 10.7 Å². The molecule has 5 aliphatic heterocycles. The Hall–Kier alpha value is -7.98. The van der Waals surface area contributed by atoms with E-state index in [2.05, 4.69) is 64.9 Å². The summed E-state index contributed by atoms with van der Waals surface area (Å²) >= 11 is 14.4. The fourth-order valence-corrected chi connectivity index (χ4v) is 10.1. The van der Waals surface area contributed by atoms with Gasteiger partial charge >= 0.3 is 53.4 Å². The summed E-state index contributed by atoms with van der Waals surface area (Å²) in [5, 5.41) is 143. The summed E-state index contributed by atoms with van der Waals surface area (Å²) in [6.45, 7) is 9.55. The molecule has 0 saturated carbocycles. The predicted molar refractivity (Wildman–Crippen MR) is 387 cm³/mol. The van der Waals surface area contributed by atoms with Gasteiger partial charge in [0, 0.05) is 62.7 Å². The van der Waals surface area contributed by atoms with Crippen LogP contribution in [0.4, 0.5) is 0 Å². The number of esters is 4. The molecule has 20 atom stereocenters. The van der Waals surface area contributed by atoms with Gasteiger partial charge in [-0.2, -0.15) is 12.4 Å². The number of alkyl halides is 3. The standard InChI is InChI=1S/C13H18N4O6.C13H16N4O5.C11H19N5O5.C9H14N4O5.C8H12N4O5.C3H9NO.CHCl3.2CH4O.CH3O.Na/c1-4-8-9(21-6(2)18)10(22-7(3)19)13(23-8)17-5-15-12(16-17)11(14)20;1-4-9-11(20-7(2)18)12(21-8(3)19)13(22-9)17-6-15-10(5-14)16-17;1-20-3-2-13-9(12)10-14-5-16(15-10)11-8(19)7(18)6(4-17)21-11;1-17-7(10)8-11-3-13(12-8)9-6(16)5(15)4(2-14)18-9;9-6(16)7-10-2-12(11-7)8-5(15)4(14)3(1-13)17-8;1-5-3-2-4;2-1(3)4;3*1-2;/h5,8-10,13H,4H2,1-3H3,(H2,14,20);6,9,11-13H,4H2,1-3H3;5-8,11,17-19H,2-4H2,1H3,(H2,12,13);3-6,9-10,14-16H,2H2,1H3;2-5,8,13-15H,1H2,(H2,9,16);2-4H2,1H3;1H;2*2H,1H3;1H3;/q;;;;;;;;;-1;+1/t8-,9?,10+,13-;9-,11?,12+,13-;6-,7?,8+,11-;4-,5?,6+,9-;3-,4?,5+,8-;;;;;;/m11111....../s1. The fourth-order valence-electron chi connectivity index (χ4n) is 10.1. The van der Waals surface area contributed by atoms with Crippen molar-refractivity contribution in [3.8, 4) is 6.07 Å². The molecule has 5 aliphatic rings. The first kappa shape index (κ1) is 109. The molecule has 10 rings (SSSR count). The molecule has 0 bridgehead atoms. The molecule has 5 fully saturated rings. The van der Waals surface area contributed by atoms with Gasteiger partial charge in [0.25, 0.3) is 23.5 Å². The number of nitrogens with one attached hydrogen (secondary N) is 1. The number of aliphatic hydroxyl groups is 11. The van der Waals surface area contributed by atoms with Crippen LogP contribution in [0.15, 0.2) is 36.6 Å². The third-order valence-corrected chi connectivity index (χ3v) is 15.1. The summed E-state index contributed by atoms with van der Waals surface area (Å²) in [7, 11) is 7.25. The number of nitriles is 1. The van der Waals surface area contributed by atoms with Crippen molar-refractivity contribution >= 4 is 82.2 Å². The van der Waals surface area contributed by atoms with Gasteiger partial charge in [0.1, 0.15) is 105 Å². The van der Waals surface area contributed by atoms with Crippen molar-refractivity contribution in [1.82, 2.24) is 73.8 Å². The van der Waals surface area contributed by atoms with Crippen LogP contribution >= 0.6 is 34.8 Å². The minimum atomic E-state index is -1.27. The van der Waals surface area contributed by atoms with Crippen LogP contribution in [-0.2, 0) is 76.0 Å². The third kappa shape index (κ3) is 33.6. The van der Waals surface area contributed by atoms with Gasteiger partial charge in [-0.15, -0.1) is 25.5 Å². The number of hydrogen-bond donors (Lipinski definition) is 16. The first-order valence-electron chi connectivity index (χ1n) is 33.9. The number of primary amides is 2. The minimum absolute atomic E-state index is 0. The molecule has 2 amide bonds. The zero-order valence-electron chi connectivity index (χ0n) is 65.6. The molecule has 5 aromatic heterocycles. The van der Waals surface area contributed by atoms with Crippen LogP contribution < -0.4 is 57.6 Å². The van der Waals surface area contributed by atoms with E-state index in [4.69, 9.17) is 146 Å². The Labute approximate surface area is 704 Å². The largest absolute Gasteiger partial charge is 1.00 e. The van der Waals surface area contributed by atoms with Gasteiger partial charge < -0.3 is 141 Å². The summed E-state index contributed by atoms with van der Waals surface area (Å²) in [6, 6.07) is 1.80. The van der Waals surface area contributed by atoms with Crippen LogP contribution in [0, 0.1) is 16.7 Å². The van der Waals surface area contributed by atoms with Gasteiger partial charge in [-0.25, -0.2) is 48.3 Å². The second-order valence-electron chi connectivity index (χ2n) is 22.8. The summed E-state index contributed by atoms with van der Waals surface area (Å²) in [5.41, 5.74) is 20.8. The normalized spacial score (nSPS) is 26.2. The third-order valence-electron chi connectivity index (χ3n) is 15.1. The summed E-state index contributed by atoms with van der Waals surface area (Å²) in [6.07, 6.45) is -11.5. The second-order valence-corrected chi connectivity index (χ2v) is 24.8. The Morgan fingerprint density at radius 2 is 0.803 bits per heavy atom. The predicted octanol–water partition coefficient (Wildman–Crippen LogP) is -11.3. The molecular weight excluding hydrogens is 1650 g/mol. The quantitative estimate of drug-likeness (QED) is 0.00549. The van der Waals surface area contributed by atoms with Gasteiger partial charge in [0.05, 0.1) is 46.7 Å². The fraction of sp³-hybridized carbons (Fsp3) is 0.689. The number of halogens is 3. The van der Waals surface area contributed by atoms with Crippen LogP contribution in [0.5, 0.6) is 0 Å². The van der Waals surface area contributed by atoms with Crippen LogP contribution in [-0.4, -0.2) is 362 Å². The number of hydrogen-bond acceptors (Lipinski definition) is 44. The van der Waals surface area contributed by atoms with Crippen LogP contribution in [0.2, 0.25) is 0 Å². The van der Waals surface area contributed by atoms with E-state index < -0.39 is 183 Å². The Morgan fingerprint density at radius 1 is 0.513 bits per heavy atom. The second kappa shape index (κ2) is 57.2. The van der Waals surface area contributed by atoms with E-state index in [1.807, 2.05) is 13.8 Å². The number of aliphatic imine (C=N–C) groups is 1. The molecule has 5 aromatic rings. The van der Waals surface area contributed by atoms with Crippen molar-refractivity contribution in [2.45, 2.75) is 181 Å². The maximum Gasteiger partial charge on any atom is 1.00 e. The first-order valence-corrected chi connectivity index (χ1v) is 35.2. The number of ether oxygens (including phenoxy) is 12. The molecule has 0 spiro atoms. The summed E-state index contributed by atoms with van der Waals surface area (Å²) in [4.78, 5) is 90.2. The van der Waals surface area contributed by atoms with Gasteiger partial charge in [0.2, 0.25) is 23.3 Å². The van der Waals surface area contributed by atoms with Crippen LogP contribution in [0.25, 0.3) is 0 Å². The number of methoxy groups -OCH3 is 3. The molecule has 20 N–H and O–H groups in total. The Bertz CT molecular complexity index is 3790. The molecule has 0 aromatic carbocycles. The number of carbonyl (C=O) groups is 6. The number of amides is 2. The van der Waals surface area contributed by atoms with E-state index in [-0.39, 0.29) is 70.4 Å². The number of aliphatic hydroxyl groups excluding tert-OH is 11. The molecule has 0 aliphatic carbocycles. The van der Waals surface area contributed by atoms with Crippen LogP contribution in [0.1, 0.15) is 124 Å². The molecule has 56 heteroatoms. The van der Waals surface area contributed by atoms with E-state index in [1.165, 1.54) is 78.8 Å². The topological polar surface area (TPSA) is 776 Å². The molecule has 5 saturated heterocycles. The Balaban J connectivity index is 0.00000138. The number of nitrogens with two attached hydrogens (primary N) is 4. The monoisotopic (exact) mass is 1750 g/mol. The molecular formula is C61H100Cl3N22NaO30. The van der Waals surface area contributed by atoms with Gasteiger partial charge in [-0.1, -0.05) is 48.7 Å². The van der Waals surface area contributed by atoms with Gasteiger partial charge in [0.15, 0.2) is 65.7 Å². The molecule has 656 valence electrons. The minimum Gasteiger partial charge on any atom is -0.857 e. The van der Waals surface area contributed by atoms with Crippen molar-refractivity contribution in [3.63, 3.8) is 0 Å². The van der Waals surface area contributed by atoms with Crippen LogP contribution in [0.3, 0.4) is 0 Å². The van der Waals surface area contributed by atoms with Gasteiger partial charge in [-0.3, -0.25) is 39.2 Å². The zero-order valence-corrected chi connectivity index (χ0v) is 69.9. The van der Waals surface area contributed by atoms with Crippen molar-refractivity contribution in [3.05, 3.63) is 60.8 Å². The zero-order chi connectivity index (χ0) is 88.4. The number of amidine groups is 1. The number of carbonyl (C=O) groups excluding carboxylic acids is 6. The van der Waals surface area contributed by atoms with E-state index in [0.717, 1.165) is 32.3 Å². The Kier molecular flexibility index (Phi) is 53.3. The average molecular weight is 1750 g/mol. The maximum absolute atomic E-state index is 11.4. The molecule has 5 unspecified atom stereocenters. The number of aromatic nitrogens is 15. The van der Waals surface area contributed by atoms with Gasteiger partial charge in [-0.05, 0) is 12.8 Å².